The SMILES string of the molecule is CCC(Cl)(Cl)C[C@H](N)C(=O)O. The van der Waals surface area contributed by atoms with Gasteiger partial charge in [-0.15, -0.1) is 23.2 Å². The Balaban J connectivity index is 3.93. The van der Waals surface area contributed by atoms with E-state index in [1.807, 2.05) is 0 Å². The van der Waals surface area contributed by atoms with Crippen molar-refractivity contribution in [1.29, 1.82) is 0 Å². The summed E-state index contributed by atoms with van der Waals surface area (Å²) in [6.45, 7) is 1.77. The van der Waals surface area contributed by atoms with E-state index in [1.165, 1.54) is 0 Å². The van der Waals surface area contributed by atoms with Gasteiger partial charge in [0.05, 0.1) is 0 Å². The lowest BCUT2D eigenvalue weighted by atomic mass is 10.1. The first-order valence-corrected chi connectivity index (χ1v) is 4.01. The van der Waals surface area contributed by atoms with E-state index >= 15 is 0 Å². The van der Waals surface area contributed by atoms with Crippen LogP contribution in [-0.4, -0.2) is 21.5 Å². The second-order valence-electron chi connectivity index (χ2n) is 2.36. The Morgan fingerprint density at radius 3 is 2.45 bits per heavy atom. The first-order chi connectivity index (χ1) is 4.89. The summed E-state index contributed by atoms with van der Waals surface area (Å²) in [6.07, 6.45) is 0.555. The van der Waals surface area contributed by atoms with E-state index in [-0.39, 0.29) is 6.42 Å². The molecule has 0 saturated heterocycles. The average Bonchev–Trinajstić information content (AvgIpc) is 1.87. The molecule has 0 aromatic heterocycles. The van der Waals surface area contributed by atoms with Crippen molar-refractivity contribution in [2.45, 2.75) is 30.1 Å². The highest BCUT2D eigenvalue weighted by Gasteiger charge is 2.27. The van der Waals surface area contributed by atoms with Gasteiger partial charge in [-0.05, 0) is 6.42 Å². The fourth-order valence-corrected chi connectivity index (χ4v) is 0.886. The van der Waals surface area contributed by atoms with Crippen LogP contribution in [0.1, 0.15) is 19.8 Å². The molecule has 0 aliphatic carbocycles. The first kappa shape index (κ1) is 11.0. The van der Waals surface area contributed by atoms with E-state index in [0.717, 1.165) is 0 Å². The summed E-state index contributed by atoms with van der Waals surface area (Å²) < 4.78 is -1.02. The van der Waals surface area contributed by atoms with Gasteiger partial charge in [0.15, 0.2) is 0 Å². The molecule has 0 unspecified atom stereocenters. The second kappa shape index (κ2) is 4.14. The van der Waals surface area contributed by atoms with E-state index in [2.05, 4.69) is 0 Å². The van der Waals surface area contributed by atoms with Crippen LogP contribution in [0, 0.1) is 0 Å². The van der Waals surface area contributed by atoms with Gasteiger partial charge in [-0.1, -0.05) is 6.92 Å². The van der Waals surface area contributed by atoms with Gasteiger partial charge in [-0.2, -0.15) is 0 Å². The van der Waals surface area contributed by atoms with E-state index in [0.29, 0.717) is 6.42 Å². The van der Waals surface area contributed by atoms with Crippen molar-refractivity contribution >= 4 is 29.2 Å². The lowest BCUT2D eigenvalue weighted by Crippen LogP contribution is -2.35. The summed E-state index contributed by atoms with van der Waals surface area (Å²) in [7, 11) is 0. The number of carboxylic acids is 1. The molecule has 3 N–H and O–H groups in total. The molecule has 0 radical (unpaired) electrons. The van der Waals surface area contributed by atoms with Gasteiger partial charge in [-0.25, -0.2) is 0 Å². The minimum atomic E-state index is -1.08. The molecular weight excluding hydrogens is 189 g/mol. The van der Waals surface area contributed by atoms with Gasteiger partial charge in [0, 0.05) is 6.42 Å². The standard InChI is InChI=1S/C6H11Cl2NO2/c1-2-6(7,8)3-4(9)5(10)11/h4H,2-3,9H2,1H3,(H,10,11)/t4-/m0/s1. The topological polar surface area (TPSA) is 63.3 Å². The molecule has 0 heterocycles. The number of halogens is 2. The monoisotopic (exact) mass is 199 g/mol. The van der Waals surface area contributed by atoms with Crippen LogP contribution >= 0.6 is 23.2 Å². The highest BCUT2D eigenvalue weighted by atomic mass is 35.5. The summed E-state index contributed by atoms with van der Waals surface area (Å²) >= 11 is 11.4. The molecule has 0 fully saturated rings. The number of nitrogens with two attached hydrogens (primary N) is 1. The Hall–Kier alpha value is 0.01000. The minimum absolute atomic E-state index is 0.0714. The predicted octanol–water partition coefficient (Wildman–Crippen LogP) is 1.37. The van der Waals surface area contributed by atoms with Crippen molar-refractivity contribution < 1.29 is 9.90 Å². The molecule has 0 bridgehead atoms. The van der Waals surface area contributed by atoms with Crippen LogP contribution in [0.15, 0.2) is 0 Å². The second-order valence-corrected chi connectivity index (χ2v) is 4.00. The number of rotatable bonds is 4. The zero-order valence-electron chi connectivity index (χ0n) is 6.18. The molecule has 0 amide bonds. The van der Waals surface area contributed by atoms with Crippen LogP contribution in [-0.2, 0) is 4.79 Å². The van der Waals surface area contributed by atoms with Crippen LogP contribution in [0.5, 0.6) is 0 Å². The Bertz CT molecular complexity index is 150. The van der Waals surface area contributed by atoms with Gasteiger partial charge in [-0.3, -0.25) is 4.79 Å². The first-order valence-electron chi connectivity index (χ1n) is 3.25. The highest BCUT2D eigenvalue weighted by Crippen LogP contribution is 2.29. The van der Waals surface area contributed by atoms with Crippen LogP contribution in [0.3, 0.4) is 0 Å². The van der Waals surface area contributed by atoms with Crippen molar-refractivity contribution in [3.05, 3.63) is 0 Å². The molecule has 3 nitrogen and oxygen atoms in total. The van der Waals surface area contributed by atoms with Crippen LogP contribution in [0.4, 0.5) is 0 Å². The Labute approximate surface area is 75.5 Å². The molecule has 0 spiro atoms. The molecule has 0 aliphatic rings. The third-order valence-corrected chi connectivity index (χ3v) is 2.20. The number of carbonyl (C=O) groups is 1. The summed E-state index contributed by atoms with van der Waals surface area (Å²) in [5, 5.41) is 8.40. The van der Waals surface area contributed by atoms with Gasteiger partial charge in [0.1, 0.15) is 10.4 Å². The van der Waals surface area contributed by atoms with Crippen LogP contribution in [0.2, 0.25) is 0 Å². The number of carboxylic acid groups (broad SMARTS) is 1. The zero-order chi connectivity index (χ0) is 9.07. The van der Waals surface area contributed by atoms with Gasteiger partial charge in [0.25, 0.3) is 0 Å². The number of hydrogen-bond acceptors (Lipinski definition) is 2. The molecule has 11 heavy (non-hydrogen) atoms. The molecule has 1 atom stereocenters. The maximum atomic E-state index is 10.3. The molecule has 0 aromatic carbocycles. The van der Waals surface area contributed by atoms with Gasteiger partial charge >= 0.3 is 5.97 Å². The number of aliphatic carboxylic acids is 1. The van der Waals surface area contributed by atoms with E-state index in [9.17, 15) is 4.79 Å². The Morgan fingerprint density at radius 2 is 2.18 bits per heavy atom. The smallest absolute Gasteiger partial charge is 0.320 e. The lowest BCUT2D eigenvalue weighted by Gasteiger charge is -2.18. The number of hydrogen-bond donors (Lipinski definition) is 2. The average molecular weight is 200 g/mol. The summed E-state index contributed by atoms with van der Waals surface area (Å²) in [6, 6.07) is -0.982. The lowest BCUT2D eigenvalue weighted by molar-refractivity contribution is -0.138. The Morgan fingerprint density at radius 1 is 1.73 bits per heavy atom. The van der Waals surface area contributed by atoms with Crippen molar-refractivity contribution in [3.8, 4) is 0 Å². The van der Waals surface area contributed by atoms with Gasteiger partial charge < -0.3 is 10.8 Å². The molecule has 0 aliphatic heterocycles. The fraction of sp³-hybridized carbons (Fsp3) is 0.833. The van der Waals surface area contributed by atoms with E-state index in [1.54, 1.807) is 6.92 Å². The molecule has 0 aromatic rings. The van der Waals surface area contributed by atoms with Crippen LogP contribution in [0.25, 0.3) is 0 Å². The predicted molar refractivity (Wildman–Crippen MR) is 45.0 cm³/mol. The maximum absolute atomic E-state index is 10.3. The molecule has 0 rings (SSSR count). The molecular formula is C6H11Cl2NO2. The normalized spacial score (nSPS) is 14.5. The van der Waals surface area contributed by atoms with Crippen molar-refractivity contribution in [1.82, 2.24) is 0 Å². The number of alkyl halides is 2. The summed E-state index contributed by atoms with van der Waals surface area (Å²) in [5.74, 6) is -1.08. The highest BCUT2D eigenvalue weighted by molar-refractivity contribution is 6.48. The summed E-state index contributed by atoms with van der Waals surface area (Å²) in [5.41, 5.74) is 5.21. The molecule has 5 heteroatoms. The zero-order valence-corrected chi connectivity index (χ0v) is 7.69. The van der Waals surface area contributed by atoms with Crippen LogP contribution < -0.4 is 5.73 Å². The molecule has 66 valence electrons. The van der Waals surface area contributed by atoms with Crippen molar-refractivity contribution in [3.63, 3.8) is 0 Å². The molecule has 0 saturated carbocycles. The van der Waals surface area contributed by atoms with Gasteiger partial charge in [0.2, 0.25) is 0 Å². The van der Waals surface area contributed by atoms with Crippen molar-refractivity contribution in [2.24, 2.45) is 5.73 Å². The Kier molecular flexibility index (Phi) is 4.14. The van der Waals surface area contributed by atoms with Crippen molar-refractivity contribution in [2.75, 3.05) is 0 Å². The fourth-order valence-electron chi connectivity index (χ4n) is 0.553. The van der Waals surface area contributed by atoms with E-state index in [4.69, 9.17) is 34.0 Å². The quantitative estimate of drug-likeness (QED) is 0.673. The third-order valence-electron chi connectivity index (χ3n) is 1.35. The summed E-state index contributed by atoms with van der Waals surface area (Å²) in [4.78, 5) is 10.3. The minimum Gasteiger partial charge on any atom is -0.480 e. The largest absolute Gasteiger partial charge is 0.480 e. The third kappa shape index (κ3) is 4.45. The maximum Gasteiger partial charge on any atom is 0.320 e. The van der Waals surface area contributed by atoms with E-state index < -0.39 is 16.3 Å².